The Balaban J connectivity index is 1.61. The van der Waals surface area contributed by atoms with Crippen LogP contribution in [0.5, 0.6) is 0 Å². The molecule has 3 aromatic rings. The second-order valence-electron chi connectivity index (χ2n) is 9.01. The van der Waals surface area contributed by atoms with Gasteiger partial charge in [-0.15, -0.1) is 0 Å². The number of likely N-dealkylation sites (tertiary alicyclic amines) is 1. The number of benzene rings is 1. The van der Waals surface area contributed by atoms with Gasteiger partial charge in [0.1, 0.15) is 11.9 Å². The zero-order valence-electron chi connectivity index (χ0n) is 20.5. The maximum absolute atomic E-state index is 13.7. The Morgan fingerprint density at radius 3 is 2.58 bits per heavy atom. The number of nitrogens with two attached hydrogens (primary N) is 1. The molecular weight excluding hydrogens is 480 g/mol. The number of rotatable bonds is 8. The van der Waals surface area contributed by atoms with Crippen LogP contribution in [0.25, 0.3) is 0 Å². The lowest BCUT2D eigenvalue weighted by Gasteiger charge is -2.46. The molecule has 3 heterocycles. The number of aromatic nitrogens is 3. The van der Waals surface area contributed by atoms with Crippen molar-refractivity contribution in [3.05, 3.63) is 71.1 Å². The average molecular weight is 509 g/mol. The average Bonchev–Trinajstić information content (AvgIpc) is 3.29. The highest BCUT2D eigenvalue weighted by molar-refractivity contribution is 6.31. The Bertz CT molecular complexity index is 1290. The minimum Gasteiger partial charge on any atom is -0.384 e. The third-order valence-corrected chi connectivity index (χ3v) is 7.07. The molecule has 1 aromatic carbocycles. The summed E-state index contributed by atoms with van der Waals surface area (Å²) in [5, 5.41) is 0.572. The van der Waals surface area contributed by atoms with Crippen molar-refractivity contribution in [2.45, 2.75) is 38.1 Å². The van der Waals surface area contributed by atoms with Gasteiger partial charge in [-0.2, -0.15) is 0 Å². The molecule has 0 aliphatic carbocycles. The highest BCUT2D eigenvalue weighted by atomic mass is 35.5. The lowest BCUT2D eigenvalue weighted by molar-refractivity contribution is -0.170. The Kier molecular flexibility index (Phi) is 7.40. The maximum atomic E-state index is 13.7. The first-order valence-electron chi connectivity index (χ1n) is 11.8. The van der Waals surface area contributed by atoms with E-state index in [2.05, 4.69) is 9.97 Å². The van der Waals surface area contributed by atoms with E-state index in [1.165, 1.54) is 4.90 Å². The highest BCUT2D eigenvalue weighted by Crippen LogP contribution is 2.36. The molecule has 1 fully saturated rings. The van der Waals surface area contributed by atoms with E-state index >= 15 is 0 Å². The van der Waals surface area contributed by atoms with Gasteiger partial charge in [0.05, 0.1) is 5.92 Å². The Labute approximate surface area is 214 Å². The number of pyridine rings is 1. The van der Waals surface area contributed by atoms with Crippen molar-refractivity contribution in [1.82, 2.24) is 19.4 Å². The smallest absolute Gasteiger partial charge is 0.253 e. The van der Waals surface area contributed by atoms with Crippen molar-refractivity contribution in [2.24, 2.45) is 13.0 Å². The summed E-state index contributed by atoms with van der Waals surface area (Å²) < 4.78 is 1.70. The zero-order chi connectivity index (χ0) is 26.0. The number of aryl methyl sites for hydroxylation is 1. The normalized spacial score (nSPS) is 18.0. The molecule has 1 aliphatic rings. The summed E-state index contributed by atoms with van der Waals surface area (Å²) in [6.45, 7) is 1.97. The molecule has 0 unspecified atom stereocenters. The Morgan fingerprint density at radius 1 is 1.19 bits per heavy atom. The number of amides is 3. The van der Waals surface area contributed by atoms with Crippen LogP contribution < -0.4 is 10.6 Å². The summed E-state index contributed by atoms with van der Waals surface area (Å²) >= 11 is 6.38. The molecule has 1 saturated heterocycles. The highest BCUT2D eigenvalue weighted by Gasteiger charge is 2.55. The SMILES string of the molecule is CC[C@@H](CC(=O)N1C(=O)[C@H](Cc2ccnc(N)c2)[C@H]1C(=O)N(C)c1nccn1C)c1ccccc1Cl. The fraction of sp³-hybridized carbons (Fsp3) is 0.346. The molecule has 0 spiro atoms. The number of nitrogen functional groups attached to an aromatic ring is 1. The van der Waals surface area contributed by atoms with Gasteiger partial charge in [0.2, 0.25) is 17.8 Å². The number of hydrogen-bond donors (Lipinski definition) is 1. The molecular formula is C26H29ClN6O3. The summed E-state index contributed by atoms with van der Waals surface area (Å²) in [6, 6.07) is 9.84. The van der Waals surface area contributed by atoms with E-state index in [4.69, 9.17) is 17.3 Å². The Morgan fingerprint density at radius 2 is 1.94 bits per heavy atom. The van der Waals surface area contributed by atoms with Gasteiger partial charge in [-0.3, -0.25) is 24.2 Å². The molecule has 0 bridgehead atoms. The van der Waals surface area contributed by atoms with Crippen molar-refractivity contribution < 1.29 is 14.4 Å². The molecule has 0 saturated carbocycles. The van der Waals surface area contributed by atoms with Crippen LogP contribution in [-0.4, -0.2) is 50.2 Å². The van der Waals surface area contributed by atoms with E-state index in [0.717, 1.165) is 16.0 Å². The lowest BCUT2D eigenvalue weighted by Crippen LogP contribution is -2.69. The van der Waals surface area contributed by atoms with Gasteiger partial charge in [-0.1, -0.05) is 36.7 Å². The molecule has 1 aliphatic heterocycles. The predicted molar refractivity (Wildman–Crippen MR) is 137 cm³/mol. The Hall–Kier alpha value is -3.72. The van der Waals surface area contributed by atoms with Gasteiger partial charge in [-0.05, 0) is 48.1 Å². The van der Waals surface area contributed by atoms with Gasteiger partial charge >= 0.3 is 0 Å². The number of carbonyl (C=O) groups excluding carboxylic acids is 3. The maximum Gasteiger partial charge on any atom is 0.253 e. The van der Waals surface area contributed by atoms with Gasteiger partial charge in [0.15, 0.2) is 0 Å². The summed E-state index contributed by atoms with van der Waals surface area (Å²) in [5.74, 6) is -1.30. The third-order valence-electron chi connectivity index (χ3n) is 6.72. The van der Waals surface area contributed by atoms with Crippen LogP contribution in [0.3, 0.4) is 0 Å². The number of anilines is 2. The van der Waals surface area contributed by atoms with Crippen LogP contribution in [0, 0.1) is 5.92 Å². The number of likely N-dealkylation sites (N-methyl/N-ethyl adjacent to an activating group) is 1. The van der Waals surface area contributed by atoms with Crippen molar-refractivity contribution in [3.63, 3.8) is 0 Å². The molecule has 4 rings (SSSR count). The molecule has 3 amide bonds. The van der Waals surface area contributed by atoms with Gasteiger partial charge < -0.3 is 10.3 Å². The molecule has 188 valence electrons. The van der Waals surface area contributed by atoms with Crippen molar-refractivity contribution in [1.29, 1.82) is 0 Å². The van der Waals surface area contributed by atoms with E-state index < -0.39 is 17.9 Å². The van der Waals surface area contributed by atoms with Crippen molar-refractivity contribution >= 4 is 41.1 Å². The van der Waals surface area contributed by atoms with Crippen LogP contribution in [0.4, 0.5) is 11.8 Å². The van der Waals surface area contributed by atoms with Gasteiger partial charge in [0.25, 0.3) is 5.91 Å². The summed E-state index contributed by atoms with van der Waals surface area (Å²) in [4.78, 5) is 51.1. The fourth-order valence-electron chi connectivity index (χ4n) is 4.75. The summed E-state index contributed by atoms with van der Waals surface area (Å²) in [5.41, 5.74) is 7.43. The molecule has 2 aromatic heterocycles. The van der Waals surface area contributed by atoms with Crippen molar-refractivity contribution in [2.75, 3.05) is 17.7 Å². The van der Waals surface area contributed by atoms with Crippen molar-refractivity contribution in [3.8, 4) is 0 Å². The number of imidazole rings is 1. The number of imide groups is 1. The first-order chi connectivity index (χ1) is 17.2. The van der Waals surface area contributed by atoms with E-state index in [1.54, 1.807) is 55.5 Å². The molecule has 36 heavy (non-hydrogen) atoms. The monoisotopic (exact) mass is 508 g/mol. The number of β-lactam (4-membered cyclic amide) rings is 1. The molecule has 10 heteroatoms. The minimum absolute atomic E-state index is 0.0663. The van der Waals surface area contributed by atoms with E-state index in [9.17, 15) is 14.4 Å². The second kappa shape index (κ2) is 10.5. The first kappa shape index (κ1) is 25.4. The first-order valence-corrected chi connectivity index (χ1v) is 12.2. The van der Waals surface area contributed by atoms with Crippen LogP contribution in [0.2, 0.25) is 5.02 Å². The standard InChI is InChI=1S/C26H29ClN6O3/c1-4-17(18-7-5-6-8-20(18)27)15-22(34)33-23(25(36)32(3)26-30-11-12-31(26)2)19(24(33)35)13-16-9-10-29-21(28)14-16/h5-12,14,17,19,23H,4,13,15H2,1-3H3,(H2,28,29)/t17-,19+,23-/m0/s1. The number of carbonyl (C=O) groups is 3. The topological polar surface area (TPSA) is 114 Å². The second-order valence-corrected chi connectivity index (χ2v) is 9.42. The summed E-state index contributed by atoms with van der Waals surface area (Å²) in [6.07, 6.45) is 5.85. The lowest BCUT2D eigenvalue weighted by atomic mass is 9.80. The third kappa shape index (κ3) is 4.83. The molecule has 3 atom stereocenters. The quantitative estimate of drug-likeness (QED) is 0.467. The van der Waals surface area contributed by atoms with E-state index in [0.29, 0.717) is 23.2 Å². The number of halogens is 1. The minimum atomic E-state index is -0.954. The molecule has 2 N–H and O–H groups in total. The van der Waals surface area contributed by atoms with Crippen LogP contribution in [0.15, 0.2) is 55.0 Å². The van der Waals surface area contributed by atoms with Gasteiger partial charge in [-0.25, -0.2) is 9.97 Å². The fourth-order valence-corrected chi connectivity index (χ4v) is 5.04. The molecule has 0 radical (unpaired) electrons. The zero-order valence-corrected chi connectivity index (χ0v) is 21.2. The number of hydrogen-bond acceptors (Lipinski definition) is 6. The van der Waals surface area contributed by atoms with Crippen LogP contribution in [0.1, 0.15) is 36.8 Å². The van der Waals surface area contributed by atoms with E-state index in [-0.39, 0.29) is 30.6 Å². The summed E-state index contributed by atoms with van der Waals surface area (Å²) in [7, 11) is 3.36. The van der Waals surface area contributed by atoms with E-state index in [1.807, 2.05) is 25.1 Å². The van der Waals surface area contributed by atoms with Crippen LogP contribution >= 0.6 is 11.6 Å². The van der Waals surface area contributed by atoms with Gasteiger partial charge in [0, 0.05) is 44.1 Å². The number of nitrogens with zero attached hydrogens (tertiary/aromatic N) is 5. The molecule has 9 nitrogen and oxygen atoms in total. The van der Waals surface area contributed by atoms with Crippen LogP contribution in [-0.2, 0) is 27.9 Å². The predicted octanol–water partition coefficient (Wildman–Crippen LogP) is 3.19. The largest absolute Gasteiger partial charge is 0.384 e.